The first-order chi connectivity index (χ1) is 18.8. The molecule has 228 valence electrons. The fourth-order valence-electron chi connectivity index (χ4n) is 4.99. The Balaban J connectivity index is 2.33. The molecule has 0 saturated carbocycles. The lowest BCUT2D eigenvalue weighted by atomic mass is 10.0. The van der Waals surface area contributed by atoms with Crippen molar-refractivity contribution >= 4 is 17.8 Å². The number of hydrogen-bond donors (Lipinski definition) is 0. The smallest absolute Gasteiger partial charge is 0.305 e. The third-order valence-electron chi connectivity index (χ3n) is 7.52. The third kappa shape index (κ3) is 20.9. The number of piperidine rings is 1. The Bertz CT molecular complexity index is 608. The predicted molar refractivity (Wildman–Crippen MR) is 158 cm³/mol. The minimum Gasteiger partial charge on any atom is -0.464 e. The summed E-state index contributed by atoms with van der Waals surface area (Å²) in [5.74, 6) is 1.10. The lowest BCUT2D eigenvalue weighted by Gasteiger charge is -2.28. The molecule has 39 heavy (non-hydrogen) atoms. The van der Waals surface area contributed by atoms with Crippen molar-refractivity contribution in [2.24, 2.45) is 11.8 Å². The second kappa shape index (κ2) is 23.1. The number of unbranched alkanes of at least 4 members (excludes halogenated alkanes) is 6. The largest absolute Gasteiger partial charge is 0.464 e. The molecule has 1 saturated heterocycles. The van der Waals surface area contributed by atoms with Gasteiger partial charge in [-0.3, -0.25) is 14.4 Å². The van der Waals surface area contributed by atoms with E-state index in [1.807, 2.05) is 0 Å². The highest BCUT2D eigenvalue weighted by atomic mass is 16.5. The lowest BCUT2D eigenvalue weighted by molar-refractivity contribution is -0.147. The number of nitrogens with zero attached hydrogens (tertiary/aromatic N) is 2. The van der Waals surface area contributed by atoms with Crippen LogP contribution in [0.3, 0.4) is 0 Å². The lowest BCUT2D eigenvalue weighted by Crippen LogP contribution is -2.40. The third-order valence-corrected chi connectivity index (χ3v) is 7.52. The van der Waals surface area contributed by atoms with Crippen molar-refractivity contribution in [3.05, 3.63) is 0 Å². The predicted octanol–water partition coefficient (Wildman–Crippen LogP) is 6.77. The Labute approximate surface area is 239 Å². The summed E-state index contributed by atoms with van der Waals surface area (Å²) in [6, 6.07) is 0. The summed E-state index contributed by atoms with van der Waals surface area (Å²) >= 11 is 0. The molecule has 0 aromatic carbocycles. The van der Waals surface area contributed by atoms with E-state index in [4.69, 9.17) is 9.47 Å². The molecule has 0 unspecified atom stereocenters. The molecule has 0 atom stereocenters. The second-order valence-electron chi connectivity index (χ2n) is 12.2. The van der Waals surface area contributed by atoms with Crippen LogP contribution in [0.2, 0.25) is 0 Å². The number of hydrogen-bond acceptors (Lipinski definition) is 6. The summed E-state index contributed by atoms with van der Waals surface area (Å²) < 4.78 is 10.9. The first-order valence-corrected chi connectivity index (χ1v) is 16.1. The van der Waals surface area contributed by atoms with Crippen LogP contribution in [0.4, 0.5) is 0 Å². The maximum Gasteiger partial charge on any atom is 0.305 e. The van der Waals surface area contributed by atoms with E-state index in [1.54, 1.807) is 4.90 Å². The zero-order chi connectivity index (χ0) is 28.7. The van der Waals surface area contributed by atoms with E-state index in [2.05, 4.69) is 32.6 Å². The molecule has 0 radical (unpaired) electrons. The summed E-state index contributed by atoms with van der Waals surface area (Å²) in [7, 11) is 0. The van der Waals surface area contributed by atoms with E-state index >= 15 is 0 Å². The number of rotatable bonds is 23. The SMILES string of the molecule is CC(C)CCCCCCC(=O)OCCN(CCOC(=O)CCCCCCC(C)C)C(=O)CCN1CCCCC1. The van der Waals surface area contributed by atoms with Gasteiger partial charge in [0, 0.05) is 25.8 Å². The van der Waals surface area contributed by atoms with Gasteiger partial charge in [0.1, 0.15) is 13.2 Å². The molecule has 1 aliphatic rings. The average molecular weight is 553 g/mol. The van der Waals surface area contributed by atoms with Crippen molar-refractivity contribution in [3.8, 4) is 0 Å². The molecule has 7 nitrogen and oxygen atoms in total. The van der Waals surface area contributed by atoms with E-state index < -0.39 is 0 Å². The Morgan fingerprint density at radius 1 is 0.641 bits per heavy atom. The molecule has 0 spiro atoms. The van der Waals surface area contributed by atoms with Gasteiger partial charge in [-0.2, -0.15) is 0 Å². The van der Waals surface area contributed by atoms with Crippen LogP contribution < -0.4 is 0 Å². The molecule has 1 aliphatic heterocycles. The fraction of sp³-hybridized carbons (Fsp3) is 0.906. The Morgan fingerprint density at radius 3 is 1.56 bits per heavy atom. The van der Waals surface area contributed by atoms with E-state index in [1.165, 1.54) is 44.9 Å². The van der Waals surface area contributed by atoms with Crippen LogP contribution in [-0.2, 0) is 23.9 Å². The van der Waals surface area contributed by atoms with Crippen molar-refractivity contribution in [2.75, 3.05) is 45.9 Å². The zero-order valence-electron chi connectivity index (χ0n) is 25.9. The molecule has 0 bridgehead atoms. The molecular weight excluding hydrogens is 492 g/mol. The van der Waals surface area contributed by atoms with E-state index in [9.17, 15) is 14.4 Å². The van der Waals surface area contributed by atoms with Crippen LogP contribution in [0.25, 0.3) is 0 Å². The summed E-state index contributed by atoms with van der Waals surface area (Å²) in [5, 5.41) is 0. The highest BCUT2D eigenvalue weighted by Crippen LogP contribution is 2.13. The van der Waals surface area contributed by atoms with Gasteiger partial charge in [0.05, 0.1) is 13.1 Å². The van der Waals surface area contributed by atoms with Gasteiger partial charge < -0.3 is 19.3 Å². The van der Waals surface area contributed by atoms with Gasteiger partial charge in [-0.15, -0.1) is 0 Å². The summed E-state index contributed by atoms with van der Waals surface area (Å²) in [6.07, 6.45) is 16.0. The van der Waals surface area contributed by atoms with Gasteiger partial charge in [-0.25, -0.2) is 0 Å². The van der Waals surface area contributed by atoms with Crippen LogP contribution in [-0.4, -0.2) is 73.6 Å². The van der Waals surface area contributed by atoms with Gasteiger partial charge >= 0.3 is 11.9 Å². The molecule has 0 N–H and O–H groups in total. The van der Waals surface area contributed by atoms with E-state index in [-0.39, 0.29) is 31.1 Å². The van der Waals surface area contributed by atoms with Crippen molar-refractivity contribution in [1.29, 1.82) is 0 Å². The number of carbonyl (C=O) groups is 3. The first kappa shape index (κ1) is 35.4. The highest BCUT2D eigenvalue weighted by Gasteiger charge is 2.18. The fourth-order valence-corrected chi connectivity index (χ4v) is 4.99. The van der Waals surface area contributed by atoms with Crippen molar-refractivity contribution < 1.29 is 23.9 Å². The summed E-state index contributed by atoms with van der Waals surface area (Å²) in [4.78, 5) is 41.4. The maximum atomic E-state index is 13.0. The molecule has 1 amide bonds. The molecular formula is C32H60N2O5. The normalized spacial score (nSPS) is 14.1. The molecule has 1 heterocycles. The van der Waals surface area contributed by atoms with Crippen molar-refractivity contribution in [2.45, 2.75) is 130 Å². The summed E-state index contributed by atoms with van der Waals surface area (Å²) in [5.41, 5.74) is 0. The molecule has 7 heteroatoms. The number of likely N-dealkylation sites (tertiary alicyclic amines) is 1. The highest BCUT2D eigenvalue weighted by molar-refractivity contribution is 5.76. The van der Waals surface area contributed by atoms with Crippen LogP contribution in [0.5, 0.6) is 0 Å². The summed E-state index contributed by atoms with van der Waals surface area (Å²) in [6.45, 7) is 12.9. The topological polar surface area (TPSA) is 76.1 Å². The minimum absolute atomic E-state index is 0.0305. The molecule has 0 aliphatic carbocycles. The van der Waals surface area contributed by atoms with Crippen molar-refractivity contribution in [3.63, 3.8) is 0 Å². The number of carbonyl (C=O) groups excluding carboxylic acids is 3. The Kier molecular flexibility index (Phi) is 21.0. The number of esters is 2. The van der Waals surface area contributed by atoms with E-state index in [0.29, 0.717) is 32.4 Å². The monoisotopic (exact) mass is 552 g/mol. The standard InChI is InChI=1S/C32H60N2O5/c1-28(2)16-10-5-7-12-18-31(36)38-26-24-34(30(35)20-23-33-21-14-9-15-22-33)25-27-39-32(37)19-13-8-6-11-17-29(3)4/h28-29H,5-27H2,1-4H3. The van der Waals surface area contributed by atoms with Crippen LogP contribution in [0.1, 0.15) is 130 Å². The quantitative estimate of drug-likeness (QED) is 0.103. The minimum atomic E-state index is -0.195. The van der Waals surface area contributed by atoms with Gasteiger partial charge in [0.2, 0.25) is 5.91 Å². The Morgan fingerprint density at radius 2 is 1.10 bits per heavy atom. The Hall–Kier alpha value is -1.63. The van der Waals surface area contributed by atoms with Crippen molar-refractivity contribution in [1.82, 2.24) is 9.80 Å². The van der Waals surface area contributed by atoms with Crippen LogP contribution >= 0.6 is 0 Å². The molecule has 0 aromatic rings. The van der Waals surface area contributed by atoms with E-state index in [0.717, 1.165) is 70.0 Å². The van der Waals surface area contributed by atoms with Crippen LogP contribution in [0.15, 0.2) is 0 Å². The van der Waals surface area contributed by atoms with Gasteiger partial charge in [-0.05, 0) is 50.6 Å². The van der Waals surface area contributed by atoms with Gasteiger partial charge in [0.15, 0.2) is 0 Å². The second-order valence-corrected chi connectivity index (χ2v) is 12.2. The number of amides is 1. The average Bonchev–Trinajstić information content (AvgIpc) is 2.90. The maximum absolute atomic E-state index is 13.0. The van der Waals surface area contributed by atoms with Gasteiger partial charge in [0.25, 0.3) is 0 Å². The molecule has 0 aromatic heterocycles. The first-order valence-electron chi connectivity index (χ1n) is 16.1. The number of ether oxygens (including phenoxy) is 2. The zero-order valence-corrected chi connectivity index (χ0v) is 25.9. The molecule has 1 rings (SSSR count). The van der Waals surface area contributed by atoms with Crippen LogP contribution in [0, 0.1) is 11.8 Å². The molecule has 1 fully saturated rings. The van der Waals surface area contributed by atoms with Gasteiger partial charge in [-0.1, -0.05) is 85.5 Å².